The van der Waals surface area contributed by atoms with Crippen molar-refractivity contribution in [1.82, 2.24) is 0 Å². The highest BCUT2D eigenvalue weighted by atomic mass is 16.6. The number of nitrogens with zero attached hydrogens (tertiary/aromatic N) is 1. The summed E-state index contributed by atoms with van der Waals surface area (Å²) < 4.78 is 17.0. The number of carbonyl (C=O) groups excluding carboxylic acids is 3. The molecule has 0 aliphatic rings. The van der Waals surface area contributed by atoms with Crippen LogP contribution in [0.15, 0.2) is 24.3 Å². The molecule has 262 valence electrons. The minimum Gasteiger partial charge on any atom is -0.544 e. The van der Waals surface area contributed by atoms with E-state index >= 15 is 0 Å². The predicted molar refractivity (Wildman–Crippen MR) is 180 cm³/mol. The summed E-state index contributed by atoms with van der Waals surface area (Å²) in [5.41, 5.74) is 0. The van der Waals surface area contributed by atoms with E-state index in [1.54, 1.807) is 21.1 Å². The molecule has 0 saturated carbocycles. The first-order chi connectivity index (χ1) is 21.6. The van der Waals surface area contributed by atoms with Crippen LogP contribution in [0.1, 0.15) is 142 Å². The molecule has 8 heteroatoms. The molecule has 0 aromatic heterocycles. The van der Waals surface area contributed by atoms with Crippen LogP contribution in [-0.2, 0) is 28.6 Å². The maximum Gasteiger partial charge on any atom is 0.306 e. The van der Waals surface area contributed by atoms with E-state index < -0.39 is 18.1 Å². The van der Waals surface area contributed by atoms with Crippen molar-refractivity contribution >= 4 is 17.9 Å². The maximum atomic E-state index is 12.5. The van der Waals surface area contributed by atoms with Gasteiger partial charge in [0.2, 0.25) is 0 Å². The number of carboxylic acids is 1. The van der Waals surface area contributed by atoms with E-state index in [-0.39, 0.29) is 49.1 Å². The van der Waals surface area contributed by atoms with Gasteiger partial charge in [-0.25, -0.2) is 0 Å². The van der Waals surface area contributed by atoms with Crippen LogP contribution in [0, 0.1) is 0 Å². The zero-order valence-corrected chi connectivity index (χ0v) is 29.5. The van der Waals surface area contributed by atoms with Gasteiger partial charge in [0.25, 0.3) is 0 Å². The van der Waals surface area contributed by atoms with E-state index in [1.807, 2.05) is 0 Å². The van der Waals surface area contributed by atoms with Crippen LogP contribution in [0.25, 0.3) is 0 Å². The van der Waals surface area contributed by atoms with Crippen molar-refractivity contribution in [2.24, 2.45) is 0 Å². The van der Waals surface area contributed by atoms with Gasteiger partial charge in [-0.05, 0) is 38.5 Å². The van der Waals surface area contributed by atoms with Gasteiger partial charge in [-0.1, -0.05) is 109 Å². The van der Waals surface area contributed by atoms with Crippen LogP contribution in [0.5, 0.6) is 0 Å². The standard InChI is InChI=1S/C37H67NO7/c1-6-8-10-12-14-16-17-18-20-21-23-25-27-35(39)44-32-33(31-43-30-29-34(37(41)42)38(3,4)5)45-36(40)28-26-24-22-19-15-13-11-9-7-2/h9,11,15,19,33-34H,6-8,10,12-14,16-18,20-32H2,1-5H3/b11-9+,19-15+. The van der Waals surface area contributed by atoms with Gasteiger partial charge in [-0.2, -0.15) is 0 Å². The summed E-state index contributed by atoms with van der Waals surface area (Å²) in [4.78, 5) is 36.5. The molecule has 0 amide bonds. The Balaban J connectivity index is 4.46. The summed E-state index contributed by atoms with van der Waals surface area (Å²) in [5, 5.41) is 11.5. The van der Waals surface area contributed by atoms with Gasteiger partial charge in [0.05, 0.1) is 40.3 Å². The van der Waals surface area contributed by atoms with Gasteiger partial charge in [0.1, 0.15) is 12.6 Å². The van der Waals surface area contributed by atoms with Crippen LogP contribution < -0.4 is 5.11 Å². The average Bonchev–Trinajstić information content (AvgIpc) is 2.98. The van der Waals surface area contributed by atoms with Gasteiger partial charge < -0.3 is 28.6 Å². The Morgan fingerprint density at radius 1 is 0.689 bits per heavy atom. The fourth-order valence-electron chi connectivity index (χ4n) is 5.05. The highest BCUT2D eigenvalue weighted by Gasteiger charge is 2.25. The molecule has 0 aromatic rings. The number of ether oxygens (including phenoxy) is 3. The van der Waals surface area contributed by atoms with Crippen molar-refractivity contribution in [1.29, 1.82) is 0 Å². The number of aliphatic carboxylic acids is 1. The number of rotatable bonds is 31. The molecule has 45 heavy (non-hydrogen) atoms. The number of carbonyl (C=O) groups is 3. The second-order valence-corrected chi connectivity index (χ2v) is 13.1. The fraction of sp³-hybridized carbons (Fsp3) is 0.811. The SMILES string of the molecule is CC/C=C/C/C=C/CCCCC(=O)OC(COCCC(C(=O)[O-])[N+](C)(C)C)COC(=O)CCCCCCCCCCCCCC. The second-order valence-electron chi connectivity index (χ2n) is 13.1. The Hall–Kier alpha value is -2.19. The Kier molecular flexibility index (Phi) is 27.8. The normalized spacial score (nSPS) is 13.4. The van der Waals surface area contributed by atoms with Crippen LogP contribution >= 0.6 is 0 Å². The van der Waals surface area contributed by atoms with E-state index in [0.717, 1.165) is 44.9 Å². The monoisotopic (exact) mass is 637 g/mol. The van der Waals surface area contributed by atoms with Gasteiger partial charge in [0, 0.05) is 19.3 Å². The van der Waals surface area contributed by atoms with Crippen LogP contribution in [-0.4, -0.2) is 75.5 Å². The number of hydrogen-bond donors (Lipinski definition) is 0. The molecular weight excluding hydrogens is 570 g/mol. The topological polar surface area (TPSA) is 102 Å². The van der Waals surface area contributed by atoms with Crippen molar-refractivity contribution in [2.45, 2.75) is 154 Å². The van der Waals surface area contributed by atoms with E-state index in [1.165, 1.54) is 57.8 Å². The highest BCUT2D eigenvalue weighted by molar-refractivity contribution is 5.70. The van der Waals surface area contributed by atoms with E-state index in [4.69, 9.17) is 14.2 Å². The van der Waals surface area contributed by atoms with Crippen LogP contribution in [0.3, 0.4) is 0 Å². The van der Waals surface area contributed by atoms with Crippen molar-refractivity contribution in [3.05, 3.63) is 24.3 Å². The number of quaternary nitrogens is 1. The molecule has 0 radical (unpaired) electrons. The number of unbranched alkanes of at least 4 members (excludes halogenated alkanes) is 13. The first kappa shape index (κ1) is 42.8. The Morgan fingerprint density at radius 2 is 1.24 bits per heavy atom. The number of esters is 2. The molecule has 2 unspecified atom stereocenters. The van der Waals surface area contributed by atoms with E-state index in [9.17, 15) is 19.5 Å². The molecule has 0 aliphatic heterocycles. The summed E-state index contributed by atoms with van der Waals surface area (Å²) in [6, 6.07) is -0.726. The second kappa shape index (κ2) is 29.2. The van der Waals surface area contributed by atoms with Crippen molar-refractivity contribution < 1.29 is 38.2 Å². The summed E-state index contributed by atoms with van der Waals surface area (Å²) in [7, 11) is 5.38. The van der Waals surface area contributed by atoms with Gasteiger partial charge in [-0.15, -0.1) is 0 Å². The third-order valence-electron chi connectivity index (χ3n) is 7.85. The summed E-state index contributed by atoms with van der Waals surface area (Å²) in [6.45, 7) is 4.47. The Labute approximate surface area is 275 Å². The number of hydrogen-bond acceptors (Lipinski definition) is 7. The lowest BCUT2D eigenvalue weighted by Gasteiger charge is -2.34. The molecule has 0 aromatic carbocycles. The fourth-order valence-corrected chi connectivity index (χ4v) is 5.05. The van der Waals surface area contributed by atoms with Gasteiger partial charge >= 0.3 is 11.9 Å². The highest BCUT2D eigenvalue weighted by Crippen LogP contribution is 2.13. The van der Waals surface area contributed by atoms with Crippen molar-refractivity contribution in [3.8, 4) is 0 Å². The minimum absolute atomic E-state index is 0.0303. The molecule has 0 fully saturated rings. The molecule has 0 aliphatic carbocycles. The maximum absolute atomic E-state index is 12.5. The molecule has 0 rings (SSSR count). The third-order valence-corrected chi connectivity index (χ3v) is 7.85. The summed E-state index contributed by atoms with van der Waals surface area (Å²) >= 11 is 0. The van der Waals surface area contributed by atoms with Gasteiger partial charge in [-0.3, -0.25) is 9.59 Å². The number of allylic oxidation sites excluding steroid dienone is 4. The molecular formula is C37H67NO7. The average molecular weight is 638 g/mol. The quantitative estimate of drug-likeness (QED) is 0.0342. The molecule has 0 heterocycles. The predicted octanol–water partition coefficient (Wildman–Crippen LogP) is 7.24. The lowest BCUT2D eigenvalue weighted by molar-refractivity contribution is -0.889. The van der Waals surface area contributed by atoms with Crippen LogP contribution in [0.2, 0.25) is 0 Å². The third kappa shape index (κ3) is 27.8. The minimum atomic E-state index is -1.13. The van der Waals surface area contributed by atoms with Crippen molar-refractivity contribution in [3.63, 3.8) is 0 Å². The summed E-state index contributed by atoms with van der Waals surface area (Å²) in [5.74, 6) is -1.78. The molecule has 2 atom stereocenters. The zero-order valence-electron chi connectivity index (χ0n) is 29.5. The smallest absolute Gasteiger partial charge is 0.306 e. The van der Waals surface area contributed by atoms with Crippen molar-refractivity contribution in [2.75, 3.05) is 41.0 Å². The molecule has 0 bridgehead atoms. The number of likely N-dealkylation sites (N-methyl/N-ethyl adjacent to an activating group) is 1. The number of carboxylic acid groups (broad SMARTS) is 1. The van der Waals surface area contributed by atoms with Crippen LogP contribution in [0.4, 0.5) is 0 Å². The van der Waals surface area contributed by atoms with E-state index in [2.05, 4.69) is 38.2 Å². The lowest BCUT2D eigenvalue weighted by atomic mass is 10.0. The Morgan fingerprint density at radius 3 is 1.82 bits per heavy atom. The largest absolute Gasteiger partial charge is 0.544 e. The molecule has 0 saturated heterocycles. The molecule has 0 spiro atoms. The molecule has 0 N–H and O–H groups in total. The Bertz CT molecular complexity index is 803. The zero-order chi connectivity index (χ0) is 33.6. The van der Waals surface area contributed by atoms with Gasteiger partial charge in [0.15, 0.2) is 6.10 Å². The van der Waals surface area contributed by atoms with E-state index in [0.29, 0.717) is 12.8 Å². The summed E-state index contributed by atoms with van der Waals surface area (Å²) in [6.07, 6.45) is 27.9. The lowest BCUT2D eigenvalue weighted by Crippen LogP contribution is -2.55. The molecule has 8 nitrogen and oxygen atoms in total. The first-order valence-electron chi connectivity index (χ1n) is 17.9. The first-order valence-corrected chi connectivity index (χ1v) is 17.9.